The standard InChI is InChI=1S/C37H75NO4/c1-4-6-8-10-12-14-16-18-20-22-24-26-28-30-32-42-34-36(40)33-38(35(3)39)37(41)31-29-27-25-23-21-19-17-15-13-11-9-7-5-2/h35-36,39-40H,4-34H2,1-3H3. The van der Waals surface area contributed by atoms with Crippen LogP contribution in [0.4, 0.5) is 0 Å². The molecule has 0 aliphatic rings. The van der Waals surface area contributed by atoms with Gasteiger partial charge in [-0.25, -0.2) is 0 Å². The molecule has 0 aromatic heterocycles. The number of unbranched alkanes of at least 4 members (excludes halogenated alkanes) is 25. The van der Waals surface area contributed by atoms with Crippen molar-refractivity contribution in [1.29, 1.82) is 0 Å². The van der Waals surface area contributed by atoms with Crippen molar-refractivity contribution in [3.8, 4) is 0 Å². The molecular weight excluding hydrogens is 522 g/mol. The molecule has 0 rings (SSSR count). The third-order valence-corrected chi connectivity index (χ3v) is 8.63. The van der Waals surface area contributed by atoms with Crippen LogP contribution in [0.2, 0.25) is 0 Å². The lowest BCUT2D eigenvalue weighted by Crippen LogP contribution is -2.44. The van der Waals surface area contributed by atoms with Gasteiger partial charge in [0.2, 0.25) is 5.91 Å². The molecule has 0 saturated heterocycles. The minimum atomic E-state index is -0.889. The zero-order chi connectivity index (χ0) is 30.9. The molecule has 0 radical (unpaired) electrons. The maximum absolute atomic E-state index is 12.7. The number of hydrogen-bond donors (Lipinski definition) is 2. The number of aliphatic hydroxyl groups excluding tert-OH is 2. The summed E-state index contributed by atoms with van der Waals surface area (Å²) in [5, 5.41) is 20.5. The van der Waals surface area contributed by atoms with Crippen LogP contribution >= 0.6 is 0 Å². The number of hydrogen-bond acceptors (Lipinski definition) is 4. The Hall–Kier alpha value is -0.650. The number of nitrogens with zero attached hydrogens (tertiary/aromatic N) is 1. The van der Waals surface area contributed by atoms with E-state index in [9.17, 15) is 15.0 Å². The highest BCUT2D eigenvalue weighted by Gasteiger charge is 2.21. The molecule has 0 aromatic carbocycles. The highest BCUT2D eigenvalue weighted by Crippen LogP contribution is 2.15. The van der Waals surface area contributed by atoms with Crippen LogP contribution in [-0.4, -0.2) is 53.1 Å². The number of aliphatic hydroxyl groups is 2. The summed E-state index contributed by atoms with van der Waals surface area (Å²) in [5.41, 5.74) is 0. The maximum atomic E-state index is 12.7. The first-order chi connectivity index (χ1) is 20.5. The summed E-state index contributed by atoms with van der Waals surface area (Å²) in [6.07, 6.45) is 34.0. The first-order valence-electron chi connectivity index (χ1n) is 18.8. The van der Waals surface area contributed by atoms with Crippen molar-refractivity contribution in [2.24, 2.45) is 0 Å². The second-order valence-corrected chi connectivity index (χ2v) is 13.0. The molecule has 0 saturated carbocycles. The highest BCUT2D eigenvalue weighted by molar-refractivity contribution is 5.76. The van der Waals surface area contributed by atoms with Gasteiger partial charge >= 0.3 is 0 Å². The number of amides is 1. The van der Waals surface area contributed by atoms with E-state index in [1.165, 1.54) is 159 Å². The van der Waals surface area contributed by atoms with Gasteiger partial charge in [0.05, 0.1) is 19.3 Å². The average molecular weight is 598 g/mol. The first-order valence-corrected chi connectivity index (χ1v) is 18.8. The molecule has 42 heavy (non-hydrogen) atoms. The number of rotatable bonds is 34. The maximum Gasteiger partial charge on any atom is 0.224 e. The Balaban J connectivity index is 3.63. The van der Waals surface area contributed by atoms with Gasteiger partial charge in [0.25, 0.3) is 0 Å². The molecule has 1 amide bonds. The quantitative estimate of drug-likeness (QED) is 0.0572. The molecule has 0 aliphatic heterocycles. The number of carbonyl (C=O) groups is 1. The van der Waals surface area contributed by atoms with Crippen molar-refractivity contribution in [3.63, 3.8) is 0 Å². The summed E-state index contributed by atoms with van der Waals surface area (Å²) in [5.74, 6) is -0.0703. The molecule has 0 aromatic rings. The Kier molecular flexibility index (Phi) is 32.7. The molecule has 0 fully saturated rings. The predicted molar refractivity (Wildman–Crippen MR) is 181 cm³/mol. The third-order valence-electron chi connectivity index (χ3n) is 8.63. The molecule has 0 bridgehead atoms. The SMILES string of the molecule is CCCCCCCCCCCCCCCCOCC(O)CN(C(=O)CCCCCCCCCCCCCCC)C(C)O. The molecule has 2 unspecified atom stereocenters. The van der Waals surface area contributed by atoms with Gasteiger partial charge in [0, 0.05) is 13.0 Å². The Morgan fingerprint density at radius 2 is 0.881 bits per heavy atom. The summed E-state index contributed by atoms with van der Waals surface area (Å²) in [6, 6.07) is 0. The van der Waals surface area contributed by atoms with Gasteiger partial charge in [-0.2, -0.15) is 0 Å². The monoisotopic (exact) mass is 598 g/mol. The van der Waals surface area contributed by atoms with Gasteiger partial charge in [-0.1, -0.05) is 174 Å². The van der Waals surface area contributed by atoms with Crippen molar-refractivity contribution in [1.82, 2.24) is 4.90 Å². The molecule has 5 heteroatoms. The van der Waals surface area contributed by atoms with E-state index < -0.39 is 12.3 Å². The minimum Gasteiger partial charge on any atom is -0.389 e. The highest BCUT2D eigenvalue weighted by atomic mass is 16.5. The van der Waals surface area contributed by atoms with Crippen LogP contribution < -0.4 is 0 Å². The Morgan fingerprint density at radius 3 is 1.24 bits per heavy atom. The van der Waals surface area contributed by atoms with Crippen LogP contribution in [0, 0.1) is 0 Å². The van der Waals surface area contributed by atoms with Crippen LogP contribution in [0.15, 0.2) is 0 Å². The van der Waals surface area contributed by atoms with Crippen molar-refractivity contribution in [2.75, 3.05) is 19.8 Å². The number of ether oxygens (including phenoxy) is 1. The van der Waals surface area contributed by atoms with Crippen LogP contribution in [0.3, 0.4) is 0 Å². The van der Waals surface area contributed by atoms with Gasteiger partial charge < -0.3 is 19.8 Å². The molecule has 5 nitrogen and oxygen atoms in total. The summed E-state index contributed by atoms with van der Waals surface area (Å²) < 4.78 is 5.68. The normalized spacial score (nSPS) is 13.0. The van der Waals surface area contributed by atoms with E-state index >= 15 is 0 Å². The summed E-state index contributed by atoms with van der Waals surface area (Å²) in [4.78, 5) is 14.1. The second kappa shape index (κ2) is 33.2. The lowest BCUT2D eigenvalue weighted by Gasteiger charge is -2.28. The van der Waals surface area contributed by atoms with Gasteiger partial charge in [-0.05, 0) is 19.8 Å². The molecule has 2 atom stereocenters. The van der Waals surface area contributed by atoms with Crippen LogP contribution in [0.1, 0.15) is 201 Å². The van der Waals surface area contributed by atoms with E-state index in [2.05, 4.69) is 13.8 Å². The topological polar surface area (TPSA) is 70.0 Å². The van der Waals surface area contributed by atoms with E-state index in [4.69, 9.17) is 4.74 Å². The fourth-order valence-electron chi connectivity index (χ4n) is 5.80. The van der Waals surface area contributed by atoms with Crippen molar-refractivity contribution >= 4 is 5.91 Å². The Labute approximate surface area is 263 Å². The van der Waals surface area contributed by atoms with E-state index in [0.717, 1.165) is 19.3 Å². The fourth-order valence-corrected chi connectivity index (χ4v) is 5.80. The minimum absolute atomic E-state index is 0.0703. The molecular formula is C37H75NO4. The first kappa shape index (κ1) is 41.4. The molecule has 0 spiro atoms. The van der Waals surface area contributed by atoms with Crippen LogP contribution in [-0.2, 0) is 9.53 Å². The van der Waals surface area contributed by atoms with E-state index in [-0.39, 0.29) is 19.1 Å². The van der Waals surface area contributed by atoms with Gasteiger partial charge in [0.15, 0.2) is 0 Å². The van der Waals surface area contributed by atoms with E-state index in [0.29, 0.717) is 13.0 Å². The van der Waals surface area contributed by atoms with Crippen molar-refractivity contribution < 1.29 is 19.7 Å². The molecule has 252 valence electrons. The van der Waals surface area contributed by atoms with Crippen LogP contribution in [0.25, 0.3) is 0 Å². The van der Waals surface area contributed by atoms with Crippen LogP contribution in [0.5, 0.6) is 0 Å². The zero-order valence-electron chi connectivity index (χ0n) is 28.7. The van der Waals surface area contributed by atoms with E-state index in [1.54, 1.807) is 6.92 Å². The summed E-state index contributed by atoms with van der Waals surface area (Å²) in [6.45, 7) is 7.14. The summed E-state index contributed by atoms with van der Waals surface area (Å²) in [7, 11) is 0. The van der Waals surface area contributed by atoms with Gasteiger partial charge in [-0.15, -0.1) is 0 Å². The van der Waals surface area contributed by atoms with E-state index in [1.807, 2.05) is 0 Å². The lowest BCUT2D eigenvalue weighted by molar-refractivity contribution is -0.143. The molecule has 0 heterocycles. The lowest BCUT2D eigenvalue weighted by atomic mass is 10.0. The fraction of sp³-hybridized carbons (Fsp3) is 0.973. The largest absolute Gasteiger partial charge is 0.389 e. The number of carbonyl (C=O) groups excluding carboxylic acids is 1. The Bertz CT molecular complexity index is 542. The zero-order valence-corrected chi connectivity index (χ0v) is 28.7. The molecule has 0 aliphatic carbocycles. The van der Waals surface area contributed by atoms with Gasteiger partial charge in [0.1, 0.15) is 6.23 Å². The van der Waals surface area contributed by atoms with Crippen molar-refractivity contribution in [3.05, 3.63) is 0 Å². The Morgan fingerprint density at radius 1 is 0.548 bits per heavy atom. The average Bonchev–Trinajstić information content (AvgIpc) is 2.97. The predicted octanol–water partition coefficient (Wildman–Crippen LogP) is 10.5. The molecule has 2 N–H and O–H groups in total. The smallest absolute Gasteiger partial charge is 0.224 e. The van der Waals surface area contributed by atoms with Crippen molar-refractivity contribution in [2.45, 2.75) is 213 Å². The van der Waals surface area contributed by atoms with Gasteiger partial charge in [-0.3, -0.25) is 4.79 Å². The summed E-state index contributed by atoms with van der Waals surface area (Å²) >= 11 is 0. The third kappa shape index (κ3) is 29.4. The second-order valence-electron chi connectivity index (χ2n) is 13.0.